The van der Waals surface area contributed by atoms with Crippen LogP contribution in [0.15, 0.2) is 0 Å². The number of nitrogens with zero attached hydrogens (tertiary/aromatic N) is 2. The van der Waals surface area contributed by atoms with Crippen LogP contribution in [-0.4, -0.2) is 165 Å². The van der Waals surface area contributed by atoms with Gasteiger partial charge in [0.15, 0.2) is 30.4 Å². The Hall–Kier alpha value is -2.97. The Morgan fingerprint density at radius 2 is 1.44 bits per heavy atom. The fraction of sp³-hybridized carbons (Fsp3) is 0.889. The number of rotatable bonds is 12. The van der Waals surface area contributed by atoms with Crippen LogP contribution in [0.4, 0.5) is 4.79 Å². The maximum absolute atomic E-state index is 14.8. The smallest absolute Gasteiger partial charge is 0.410 e. The molecule has 63 heavy (non-hydrogen) atoms. The summed E-state index contributed by atoms with van der Waals surface area (Å²) in [6, 6.07) is -1.14. The van der Waals surface area contributed by atoms with Crippen LogP contribution in [0.2, 0.25) is 0 Å². The Morgan fingerprint density at radius 3 is 1.98 bits per heavy atom. The molecule has 4 rings (SSSR count). The van der Waals surface area contributed by atoms with Gasteiger partial charge in [0.05, 0.1) is 48.0 Å². The summed E-state index contributed by atoms with van der Waals surface area (Å²) in [5.74, 6) is -5.16. The summed E-state index contributed by atoms with van der Waals surface area (Å²) in [7, 11) is 6.82. The number of methoxy groups -OCH3 is 2. The molecule has 0 aromatic rings. The van der Waals surface area contributed by atoms with Crippen LogP contribution in [0.25, 0.3) is 0 Å². The summed E-state index contributed by atoms with van der Waals surface area (Å²) in [5, 5.41) is 0. The molecule has 4 heterocycles. The summed E-state index contributed by atoms with van der Waals surface area (Å²) in [5.41, 5.74) is 2.19. The maximum Gasteiger partial charge on any atom is 0.410 e. The maximum atomic E-state index is 14.8. The Labute approximate surface area is 374 Å². The van der Waals surface area contributed by atoms with Crippen molar-refractivity contribution in [3.63, 3.8) is 0 Å². The molecule has 0 radical (unpaired) electrons. The van der Waals surface area contributed by atoms with Crippen molar-refractivity contribution < 1.29 is 71.3 Å². The van der Waals surface area contributed by atoms with E-state index >= 15 is 0 Å². The van der Waals surface area contributed by atoms with Gasteiger partial charge in [-0.15, -0.1) is 0 Å². The molecule has 0 spiro atoms. The van der Waals surface area contributed by atoms with Crippen molar-refractivity contribution in [2.24, 2.45) is 29.4 Å². The van der Waals surface area contributed by atoms with Crippen LogP contribution < -0.4 is 5.73 Å². The molecule has 2 N–H and O–H groups in total. The van der Waals surface area contributed by atoms with Gasteiger partial charge in [-0.3, -0.25) is 24.1 Å². The predicted octanol–water partition coefficient (Wildman–Crippen LogP) is 4.01. The predicted molar refractivity (Wildman–Crippen MR) is 228 cm³/mol. The highest BCUT2D eigenvalue weighted by atomic mass is 16.7. The number of likely N-dealkylation sites (N-methyl/N-ethyl adjacent to an activating group) is 1. The molecule has 4 aliphatic rings. The van der Waals surface area contributed by atoms with E-state index < -0.39 is 120 Å². The van der Waals surface area contributed by atoms with Crippen molar-refractivity contribution >= 4 is 29.8 Å². The lowest BCUT2D eigenvalue weighted by Crippen LogP contribution is -2.62. The molecule has 362 valence electrons. The van der Waals surface area contributed by atoms with Crippen LogP contribution in [0.3, 0.4) is 0 Å². The lowest BCUT2D eigenvalue weighted by Gasteiger charge is -2.50. The zero-order valence-electron chi connectivity index (χ0n) is 40.5. The normalized spacial score (nSPS) is 43.1. The topological polar surface area (TPSA) is 210 Å². The largest absolute Gasteiger partial charge is 0.458 e. The van der Waals surface area contributed by atoms with Crippen LogP contribution in [0, 0.1) is 23.7 Å². The first kappa shape index (κ1) is 52.7. The third kappa shape index (κ3) is 11.2. The minimum absolute atomic E-state index is 0.0970. The third-order valence-electron chi connectivity index (χ3n) is 14.0. The average Bonchev–Trinajstić information content (AvgIpc) is 3.46. The summed E-state index contributed by atoms with van der Waals surface area (Å²) >= 11 is 0. The van der Waals surface area contributed by atoms with E-state index in [9.17, 15) is 24.0 Å². The number of hydrogen-bond acceptors (Lipinski definition) is 17. The molecular weight excluding hydrogens is 823 g/mol. The fourth-order valence-corrected chi connectivity index (χ4v) is 10.7. The number of cyclic esters (lactones) is 1. The van der Waals surface area contributed by atoms with E-state index in [0.29, 0.717) is 6.42 Å². The number of Topliss-reactive ketones (excluding diaryl/α,β-unsaturated/α-hetero) is 1. The first-order valence-corrected chi connectivity index (χ1v) is 22.5. The Balaban J connectivity index is 1.94. The number of carbonyl (C=O) groups is 5. The highest BCUT2D eigenvalue weighted by molar-refractivity contribution is 5.85. The molecule has 18 heteroatoms. The van der Waals surface area contributed by atoms with E-state index in [-0.39, 0.29) is 50.3 Å². The third-order valence-corrected chi connectivity index (χ3v) is 14.0. The molecule has 18 atom stereocenters. The van der Waals surface area contributed by atoms with Crippen molar-refractivity contribution in [3.8, 4) is 0 Å². The second-order valence-corrected chi connectivity index (χ2v) is 19.1. The number of fused-ring (bicyclic) bond motifs is 1. The molecule has 0 aliphatic carbocycles. The van der Waals surface area contributed by atoms with E-state index in [1.165, 1.54) is 33.0 Å². The molecule has 18 nitrogen and oxygen atoms in total. The van der Waals surface area contributed by atoms with Crippen LogP contribution in [0.1, 0.15) is 109 Å². The highest BCUT2D eigenvalue weighted by Crippen LogP contribution is 2.45. The van der Waals surface area contributed by atoms with Gasteiger partial charge in [0.1, 0.15) is 17.5 Å². The monoisotopic (exact) mass is 900 g/mol. The van der Waals surface area contributed by atoms with E-state index in [1.807, 2.05) is 53.6 Å². The van der Waals surface area contributed by atoms with Crippen molar-refractivity contribution in [1.82, 2.24) is 9.80 Å². The van der Waals surface area contributed by atoms with Gasteiger partial charge in [-0.2, -0.15) is 0 Å². The fourth-order valence-electron chi connectivity index (χ4n) is 10.7. The van der Waals surface area contributed by atoms with Crippen molar-refractivity contribution in [3.05, 3.63) is 0 Å². The van der Waals surface area contributed by atoms with Crippen molar-refractivity contribution in [1.29, 1.82) is 0 Å². The molecule has 0 aromatic carbocycles. The second-order valence-electron chi connectivity index (χ2n) is 19.1. The van der Waals surface area contributed by atoms with Gasteiger partial charge in [0.25, 0.3) is 0 Å². The molecule has 4 aliphatic heterocycles. The van der Waals surface area contributed by atoms with Gasteiger partial charge >= 0.3 is 24.0 Å². The Bertz CT molecular complexity index is 1620. The lowest BCUT2D eigenvalue weighted by molar-refractivity contribution is -0.320. The Kier molecular flexibility index (Phi) is 17.6. The van der Waals surface area contributed by atoms with E-state index in [0.717, 1.165) is 0 Å². The first-order valence-electron chi connectivity index (χ1n) is 22.5. The first-order chi connectivity index (χ1) is 29.3. The zero-order valence-corrected chi connectivity index (χ0v) is 40.5. The number of nitrogens with two attached hydrogens (primary N) is 1. The Morgan fingerprint density at radius 1 is 0.841 bits per heavy atom. The number of esters is 3. The molecule has 4 fully saturated rings. The van der Waals surface area contributed by atoms with Gasteiger partial charge in [0, 0.05) is 65.3 Å². The highest BCUT2D eigenvalue weighted by Gasteiger charge is 2.61. The minimum Gasteiger partial charge on any atom is -0.458 e. The number of amides is 1. The van der Waals surface area contributed by atoms with Crippen molar-refractivity contribution in [2.45, 2.75) is 193 Å². The van der Waals surface area contributed by atoms with Crippen LogP contribution >= 0.6 is 0 Å². The standard InChI is InChI=1S/C45H77N3O15/c1-17-32-45(12)37(48(19-18-46)42(53)63-45)25(4)34(51)23(2)21-43(10,54-15)38(62-41-36(58-29(8)49)31(47(13)14)20-24(3)56-41)26(5)35(27(6)40(52)60-32)61-33-22-44(11,55-16)39(28(7)57-33)59-30(9)50/h23-28,31-33,35-39,41H,17-22,46H2,1-16H3/t23-,24-,25+,26+,27-,28+,31+,32-,33+,35+,36-,37-,38-,39+,41+,43-,44-,45-/m1/s1. The van der Waals surface area contributed by atoms with Crippen molar-refractivity contribution in [2.75, 3.05) is 41.4 Å². The van der Waals surface area contributed by atoms with Gasteiger partial charge < -0.3 is 58.0 Å². The van der Waals surface area contributed by atoms with E-state index in [1.54, 1.807) is 34.6 Å². The summed E-state index contributed by atoms with van der Waals surface area (Å²) in [6.45, 7) is 20.8. The van der Waals surface area contributed by atoms with Gasteiger partial charge in [0.2, 0.25) is 0 Å². The lowest BCUT2D eigenvalue weighted by atomic mass is 9.73. The molecule has 0 unspecified atom stereocenters. The molecule has 0 bridgehead atoms. The van der Waals surface area contributed by atoms with Crippen LogP contribution in [-0.2, 0) is 66.5 Å². The van der Waals surface area contributed by atoms with Gasteiger partial charge in [-0.05, 0) is 74.9 Å². The van der Waals surface area contributed by atoms with Gasteiger partial charge in [-0.1, -0.05) is 27.7 Å². The number of ketones is 1. The summed E-state index contributed by atoms with van der Waals surface area (Å²) in [6.07, 6.45) is -7.53. The second kappa shape index (κ2) is 21.1. The minimum atomic E-state index is -1.44. The average molecular weight is 900 g/mol. The molecule has 4 saturated heterocycles. The quantitative estimate of drug-likeness (QED) is 0.217. The molecule has 1 amide bonds. The summed E-state index contributed by atoms with van der Waals surface area (Å²) < 4.78 is 63.5. The SMILES string of the molecule is CC[C@H]1OC(=O)[C@H](C)[C@@H](O[C@H]2C[C@@](C)(OC)[C@@H](OC(C)=O)[C@H](C)O2)[C@H](C)[C@@H](O[C@@H]2O[C@H](C)C[C@H](N(C)C)[C@H]2OC(C)=O)[C@](C)(OC)C[C@@H](C)C(=O)[C@H](C)[C@H]2N(CCN)C(=O)O[C@]12C. The molecular formula is C45H77N3O15. The van der Waals surface area contributed by atoms with Gasteiger partial charge in [-0.25, -0.2) is 4.79 Å². The zero-order chi connectivity index (χ0) is 47.5. The van der Waals surface area contributed by atoms with E-state index in [2.05, 4.69) is 0 Å². The molecule has 0 saturated carbocycles. The number of ether oxygens (including phenoxy) is 10. The van der Waals surface area contributed by atoms with E-state index in [4.69, 9.17) is 53.1 Å². The number of carbonyl (C=O) groups excluding carboxylic acids is 5. The van der Waals surface area contributed by atoms with Crippen LogP contribution in [0.5, 0.6) is 0 Å². The molecule has 0 aromatic heterocycles. The number of hydrogen-bond donors (Lipinski definition) is 1. The summed E-state index contributed by atoms with van der Waals surface area (Å²) in [4.78, 5) is 71.6.